The van der Waals surface area contributed by atoms with Gasteiger partial charge in [0.05, 0.1) is 13.1 Å². The van der Waals surface area contributed by atoms with Gasteiger partial charge in [-0.05, 0) is 12.1 Å². The highest BCUT2D eigenvalue weighted by Gasteiger charge is 2.14. The number of aryl methyl sites for hydroxylation is 1. The lowest BCUT2D eigenvalue weighted by atomic mass is 10.4. The highest BCUT2D eigenvalue weighted by atomic mass is 32.1. The van der Waals surface area contributed by atoms with Gasteiger partial charge in [-0.3, -0.25) is 10.1 Å². The third-order valence-corrected chi connectivity index (χ3v) is 2.92. The molecule has 0 spiro atoms. The summed E-state index contributed by atoms with van der Waals surface area (Å²) < 4.78 is 0. The Morgan fingerprint density at radius 2 is 2.41 bits per heavy atom. The van der Waals surface area contributed by atoms with E-state index in [2.05, 4.69) is 25.7 Å². The van der Waals surface area contributed by atoms with Crippen LogP contribution in [0.25, 0.3) is 0 Å². The predicted molar refractivity (Wildman–Crippen MR) is 61.5 cm³/mol. The van der Waals surface area contributed by atoms with Gasteiger partial charge in [0.15, 0.2) is 0 Å². The van der Waals surface area contributed by atoms with E-state index in [9.17, 15) is 4.79 Å². The van der Waals surface area contributed by atoms with Crippen LogP contribution in [0.5, 0.6) is 0 Å². The second-order valence-corrected chi connectivity index (χ2v) is 4.31. The second kappa shape index (κ2) is 4.55. The van der Waals surface area contributed by atoms with Gasteiger partial charge in [-0.1, -0.05) is 5.10 Å². The van der Waals surface area contributed by atoms with Crippen LogP contribution in [0.15, 0.2) is 5.38 Å². The summed E-state index contributed by atoms with van der Waals surface area (Å²) in [5, 5.41) is 15.9. The van der Waals surface area contributed by atoms with Crippen molar-refractivity contribution in [2.24, 2.45) is 12.8 Å². The number of thiazole rings is 1. The van der Waals surface area contributed by atoms with E-state index in [1.54, 1.807) is 12.4 Å². The van der Waals surface area contributed by atoms with E-state index in [0.717, 1.165) is 0 Å². The minimum atomic E-state index is -0.374. The van der Waals surface area contributed by atoms with Crippen molar-refractivity contribution in [2.75, 3.05) is 5.32 Å². The standard InChI is InChI=1S/C8H11N7OS/c1-4(9)7-10-5(3-17-7)6(16)11-8-12-14-15(2)13-8/h3-4H,9H2,1-2H3,(H,11,13,16). The first kappa shape index (κ1) is 11.6. The van der Waals surface area contributed by atoms with E-state index in [1.165, 1.54) is 16.1 Å². The number of hydrogen-bond acceptors (Lipinski definition) is 7. The van der Waals surface area contributed by atoms with Gasteiger partial charge < -0.3 is 5.73 Å². The molecule has 2 heterocycles. The molecule has 0 radical (unpaired) electrons. The largest absolute Gasteiger partial charge is 0.322 e. The summed E-state index contributed by atoms with van der Waals surface area (Å²) in [6.45, 7) is 1.81. The molecule has 8 nitrogen and oxygen atoms in total. The smallest absolute Gasteiger partial charge is 0.277 e. The summed E-state index contributed by atoms with van der Waals surface area (Å²) in [7, 11) is 1.61. The van der Waals surface area contributed by atoms with Crippen LogP contribution in [-0.2, 0) is 7.05 Å². The van der Waals surface area contributed by atoms with Gasteiger partial charge in [0.2, 0.25) is 0 Å². The van der Waals surface area contributed by atoms with E-state index >= 15 is 0 Å². The third-order valence-electron chi connectivity index (χ3n) is 1.88. The summed E-state index contributed by atoms with van der Waals surface area (Å²) in [6, 6.07) is -0.184. The first-order valence-corrected chi connectivity index (χ1v) is 5.70. The highest BCUT2D eigenvalue weighted by molar-refractivity contribution is 7.09. The summed E-state index contributed by atoms with van der Waals surface area (Å²) in [5.74, 6) is -0.228. The van der Waals surface area contributed by atoms with Gasteiger partial charge in [0.1, 0.15) is 10.7 Å². The maximum Gasteiger partial charge on any atom is 0.277 e. The molecule has 0 saturated carbocycles. The van der Waals surface area contributed by atoms with Gasteiger partial charge in [-0.15, -0.1) is 16.4 Å². The molecule has 3 N–H and O–H groups in total. The summed E-state index contributed by atoms with van der Waals surface area (Å²) in [4.78, 5) is 17.1. The average Bonchev–Trinajstić information content (AvgIpc) is 2.86. The van der Waals surface area contributed by atoms with Crippen LogP contribution in [0, 0.1) is 0 Å². The molecular formula is C8H11N7OS. The minimum Gasteiger partial charge on any atom is -0.322 e. The summed E-state index contributed by atoms with van der Waals surface area (Å²) in [6.07, 6.45) is 0. The van der Waals surface area contributed by atoms with Crippen molar-refractivity contribution in [2.45, 2.75) is 13.0 Å². The van der Waals surface area contributed by atoms with Crippen molar-refractivity contribution < 1.29 is 4.79 Å². The molecule has 0 bridgehead atoms. The van der Waals surface area contributed by atoms with Gasteiger partial charge >= 0.3 is 0 Å². The van der Waals surface area contributed by atoms with E-state index < -0.39 is 0 Å². The Morgan fingerprint density at radius 1 is 1.65 bits per heavy atom. The molecule has 0 aromatic carbocycles. The number of carbonyl (C=O) groups is 1. The van der Waals surface area contributed by atoms with Crippen LogP contribution < -0.4 is 11.1 Å². The first-order chi connectivity index (χ1) is 8.06. The van der Waals surface area contributed by atoms with E-state index in [-0.39, 0.29) is 17.9 Å². The average molecular weight is 253 g/mol. The Labute approximate surface area is 101 Å². The predicted octanol–water partition coefficient (Wildman–Crippen LogP) is -0.0614. The van der Waals surface area contributed by atoms with Crippen molar-refractivity contribution >= 4 is 23.2 Å². The lowest BCUT2D eigenvalue weighted by Gasteiger charge is -1.97. The van der Waals surface area contributed by atoms with Crippen LogP contribution in [-0.4, -0.2) is 31.1 Å². The number of nitrogens with zero attached hydrogens (tertiary/aromatic N) is 5. The molecule has 17 heavy (non-hydrogen) atoms. The topological polar surface area (TPSA) is 112 Å². The first-order valence-electron chi connectivity index (χ1n) is 4.82. The molecular weight excluding hydrogens is 242 g/mol. The molecule has 1 atom stereocenters. The molecule has 0 saturated heterocycles. The number of amides is 1. The lowest BCUT2D eigenvalue weighted by molar-refractivity contribution is 0.102. The number of nitrogens with two attached hydrogens (primary N) is 1. The summed E-state index contributed by atoms with van der Waals surface area (Å²) in [5.41, 5.74) is 5.96. The fraction of sp³-hybridized carbons (Fsp3) is 0.375. The zero-order chi connectivity index (χ0) is 12.4. The number of nitrogens with one attached hydrogen (secondary N) is 1. The number of carbonyl (C=O) groups excluding carboxylic acids is 1. The number of aromatic nitrogens is 5. The summed E-state index contributed by atoms with van der Waals surface area (Å²) >= 11 is 1.34. The Bertz CT molecular complexity index is 531. The minimum absolute atomic E-state index is 0.146. The van der Waals surface area contributed by atoms with Crippen LogP contribution >= 0.6 is 11.3 Å². The quantitative estimate of drug-likeness (QED) is 0.792. The van der Waals surface area contributed by atoms with Gasteiger partial charge in [-0.2, -0.15) is 4.80 Å². The molecule has 0 aliphatic rings. The normalized spacial score (nSPS) is 12.4. The zero-order valence-electron chi connectivity index (χ0n) is 9.28. The molecule has 2 rings (SSSR count). The van der Waals surface area contributed by atoms with E-state index in [1.807, 2.05) is 6.92 Å². The molecule has 0 fully saturated rings. The molecule has 1 amide bonds. The maximum absolute atomic E-state index is 11.7. The van der Waals surface area contributed by atoms with Crippen LogP contribution in [0.4, 0.5) is 5.95 Å². The van der Waals surface area contributed by atoms with Crippen molar-refractivity contribution in [3.05, 3.63) is 16.1 Å². The third kappa shape index (κ3) is 2.63. The molecule has 0 aliphatic carbocycles. The van der Waals surface area contributed by atoms with Crippen molar-refractivity contribution in [3.8, 4) is 0 Å². The molecule has 0 aliphatic heterocycles. The Balaban J connectivity index is 2.09. The van der Waals surface area contributed by atoms with E-state index in [4.69, 9.17) is 5.73 Å². The van der Waals surface area contributed by atoms with Crippen molar-refractivity contribution in [1.29, 1.82) is 0 Å². The van der Waals surface area contributed by atoms with Gasteiger partial charge in [0.25, 0.3) is 11.9 Å². The maximum atomic E-state index is 11.7. The number of rotatable bonds is 3. The fourth-order valence-corrected chi connectivity index (χ4v) is 1.86. The molecule has 9 heteroatoms. The number of anilines is 1. The highest BCUT2D eigenvalue weighted by Crippen LogP contribution is 2.16. The SMILES string of the molecule is CC(N)c1nc(C(=O)Nc2nnn(C)n2)cs1. The number of hydrogen-bond donors (Lipinski definition) is 2. The van der Waals surface area contributed by atoms with Gasteiger partial charge in [-0.25, -0.2) is 4.98 Å². The Kier molecular flexibility index (Phi) is 3.11. The van der Waals surface area contributed by atoms with Crippen molar-refractivity contribution in [3.63, 3.8) is 0 Å². The van der Waals surface area contributed by atoms with Crippen LogP contribution in [0.2, 0.25) is 0 Å². The Morgan fingerprint density at radius 3 is 2.94 bits per heavy atom. The number of tetrazole rings is 1. The van der Waals surface area contributed by atoms with Crippen LogP contribution in [0.1, 0.15) is 28.5 Å². The zero-order valence-corrected chi connectivity index (χ0v) is 10.1. The fourth-order valence-electron chi connectivity index (χ4n) is 1.10. The Hall–Kier alpha value is -1.87. The molecule has 2 aromatic heterocycles. The molecule has 2 aromatic rings. The van der Waals surface area contributed by atoms with E-state index in [0.29, 0.717) is 10.7 Å². The van der Waals surface area contributed by atoms with Crippen LogP contribution in [0.3, 0.4) is 0 Å². The monoisotopic (exact) mass is 253 g/mol. The van der Waals surface area contributed by atoms with Gasteiger partial charge in [0, 0.05) is 5.38 Å². The second-order valence-electron chi connectivity index (χ2n) is 3.42. The lowest BCUT2D eigenvalue weighted by Crippen LogP contribution is -2.14. The molecule has 90 valence electrons. The van der Waals surface area contributed by atoms with Crippen molar-refractivity contribution in [1.82, 2.24) is 25.2 Å². The molecule has 1 unspecified atom stereocenters.